The van der Waals surface area contributed by atoms with Gasteiger partial charge in [-0.15, -0.1) is 11.3 Å². The zero-order valence-corrected chi connectivity index (χ0v) is 19.4. The number of carbonyl (C=O) groups excluding carboxylic acids is 1. The number of aromatic nitrogens is 3. The molecule has 1 saturated heterocycles. The third-order valence-corrected chi connectivity index (χ3v) is 6.20. The predicted molar refractivity (Wildman–Crippen MR) is 122 cm³/mol. The first-order valence-corrected chi connectivity index (χ1v) is 11.5. The van der Waals surface area contributed by atoms with E-state index in [1.165, 1.54) is 28.8 Å². The Balaban J connectivity index is 1.64. The minimum Gasteiger partial charge on any atom is -0.476 e. The zero-order chi connectivity index (χ0) is 23.8. The normalized spacial score (nSPS) is 15.0. The molecule has 3 aromatic rings. The smallest absolute Gasteiger partial charge is 0.410 e. The number of carboxylic acid groups (broad SMARTS) is 1. The first-order chi connectivity index (χ1) is 15.6. The molecule has 3 heterocycles. The molecule has 174 valence electrons. The van der Waals surface area contributed by atoms with E-state index < -0.39 is 11.6 Å². The molecular weight excluding hydrogens is 447 g/mol. The number of likely N-dealkylation sites (tertiary alicyclic amines) is 1. The monoisotopic (exact) mass is 472 g/mol. The number of benzene rings is 1. The van der Waals surface area contributed by atoms with Crippen LogP contribution in [0.4, 0.5) is 9.18 Å². The van der Waals surface area contributed by atoms with Crippen LogP contribution in [0.15, 0.2) is 36.0 Å². The molecule has 0 atom stereocenters. The highest BCUT2D eigenvalue weighted by Gasteiger charge is 2.30. The summed E-state index contributed by atoms with van der Waals surface area (Å²) in [7, 11) is 0. The third-order valence-electron chi connectivity index (χ3n) is 5.35. The summed E-state index contributed by atoms with van der Waals surface area (Å²) in [5.74, 6) is -1.45. The lowest BCUT2D eigenvalue weighted by Gasteiger charge is -2.34. The molecule has 1 aliphatic heterocycles. The molecule has 1 fully saturated rings. The summed E-state index contributed by atoms with van der Waals surface area (Å²) in [5.41, 5.74) is 1.42. The van der Waals surface area contributed by atoms with Gasteiger partial charge in [0.1, 0.15) is 22.1 Å². The molecule has 1 aliphatic rings. The Morgan fingerprint density at radius 3 is 2.42 bits per heavy atom. The number of amides is 1. The van der Waals surface area contributed by atoms with Crippen LogP contribution >= 0.6 is 11.3 Å². The van der Waals surface area contributed by atoms with E-state index in [4.69, 9.17) is 4.74 Å². The summed E-state index contributed by atoms with van der Waals surface area (Å²) in [6, 6.07) is 6.05. The number of carbonyl (C=O) groups is 2. The number of aromatic carboxylic acids is 1. The summed E-state index contributed by atoms with van der Waals surface area (Å²) in [6.45, 7) is 6.58. The Bertz CT molecular complexity index is 1160. The van der Waals surface area contributed by atoms with Gasteiger partial charge in [-0.05, 0) is 57.9 Å². The number of halogens is 1. The molecule has 33 heavy (non-hydrogen) atoms. The third kappa shape index (κ3) is 5.05. The highest BCUT2D eigenvalue weighted by atomic mass is 32.1. The first-order valence-electron chi connectivity index (χ1n) is 10.6. The molecule has 0 spiro atoms. The van der Waals surface area contributed by atoms with Gasteiger partial charge in [0.2, 0.25) is 0 Å². The van der Waals surface area contributed by atoms with Gasteiger partial charge in [-0.25, -0.2) is 23.9 Å². The van der Waals surface area contributed by atoms with Gasteiger partial charge in [0.05, 0.1) is 12.0 Å². The number of rotatable bonds is 4. The summed E-state index contributed by atoms with van der Waals surface area (Å²) < 4.78 is 21.0. The molecule has 10 heteroatoms. The van der Waals surface area contributed by atoms with Crippen molar-refractivity contribution in [3.63, 3.8) is 0 Å². The highest BCUT2D eigenvalue weighted by Crippen LogP contribution is 2.37. The summed E-state index contributed by atoms with van der Waals surface area (Å²) in [5, 5.41) is 11.3. The van der Waals surface area contributed by atoms with Crippen LogP contribution < -0.4 is 0 Å². The Morgan fingerprint density at radius 2 is 1.85 bits per heavy atom. The number of piperidine rings is 1. The molecule has 1 N–H and O–H groups in total. The van der Waals surface area contributed by atoms with Gasteiger partial charge in [-0.1, -0.05) is 0 Å². The number of hydrogen-bond acceptors (Lipinski definition) is 6. The number of ether oxygens (including phenoxy) is 1. The van der Waals surface area contributed by atoms with E-state index in [-0.39, 0.29) is 23.6 Å². The SMILES string of the molecule is CC(C)(C)OC(=O)N1CCC(n2cnc(-c3ccc(F)cc3)c2-c2nc(C(=O)O)cs2)CC1. The molecule has 1 amide bonds. The minimum absolute atomic E-state index is 0.0347. The van der Waals surface area contributed by atoms with E-state index in [1.54, 1.807) is 23.4 Å². The predicted octanol–water partition coefficient (Wildman–Crippen LogP) is 5.08. The van der Waals surface area contributed by atoms with E-state index in [9.17, 15) is 19.1 Å². The van der Waals surface area contributed by atoms with Crippen LogP contribution in [0.2, 0.25) is 0 Å². The molecule has 0 saturated carbocycles. The lowest BCUT2D eigenvalue weighted by molar-refractivity contribution is 0.0188. The van der Waals surface area contributed by atoms with Gasteiger partial charge in [0, 0.05) is 30.1 Å². The molecule has 0 unspecified atom stereocenters. The fraction of sp³-hybridized carbons (Fsp3) is 0.391. The van der Waals surface area contributed by atoms with E-state index in [1.807, 2.05) is 25.3 Å². The van der Waals surface area contributed by atoms with Crippen molar-refractivity contribution in [3.8, 4) is 22.0 Å². The lowest BCUT2D eigenvalue weighted by atomic mass is 10.0. The number of imidazole rings is 1. The quantitative estimate of drug-likeness (QED) is 0.569. The number of nitrogens with zero attached hydrogens (tertiary/aromatic N) is 4. The topological polar surface area (TPSA) is 97.5 Å². The van der Waals surface area contributed by atoms with Crippen molar-refractivity contribution in [2.75, 3.05) is 13.1 Å². The van der Waals surface area contributed by atoms with Crippen molar-refractivity contribution in [2.45, 2.75) is 45.3 Å². The Kier molecular flexibility index (Phi) is 6.20. The zero-order valence-electron chi connectivity index (χ0n) is 18.6. The van der Waals surface area contributed by atoms with Crippen LogP contribution in [0.3, 0.4) is 0 Å². The summed E-state index contributed by atoms with van der Waals surface area (Å²) in [4.78, 5) is 34.4. The van der Waals surface area contributed by atoms with Gasteiger partial charge in [0.25, 0.3) is 0 Å². The molecular formula is C23H25FN4O4S. The van der Waals surface area contributed by atoms with Crippen LogP contribution in [0, 0.1) is 5.82 Å². The van der Waals surface area contributed by atoms with Gasteiger partial charge >= 0.3 is 12.1 Å². The van der Waals surface area contributed by atoms with Crippen molar-refractivity contribution in [3.05, 3.63) is 47.5 Å². The Hall–Kier alpha value is -3.27. The maximum Gasteiger partial charge on any atom is 0.410 e. The highest BCUT2D eigenvalue weighted by molar-refractivity contribution is 7.13. The van der Waals surface area contributed by atoms with Crippen LogP contribution in [-0.4, -0.2) is 55.3 Å². The molecule has 2 aromatic heterocycles. The van der Waals surface area contributed by atoms with Gasteiger partial charge in [0.15, 0.2) is 5.69 Å². The van der Waals surface area contributed by atoms with Crippen LogP contribution in [0.25, 0.3) is 22.0 Å². The second-order valence-corrected chi connectivity index (χ2v) is 9.76. The Labute approximate surface area is 194 Å². The number of thiazole rings is 1. The Morgan fingerprint density at radius 1 is 1.18 bits per heavy atom. The maximum atomic E-state index is 13.5. The van der Waals surface area contributed by atoms with Crippen LogP contribution in [0.5, 0.6) is 0 Å². The standard InChI is InChI=1S/C23H25FN4O4S/c1-23(2,3)32-22(31)27-10-8-16(9-11-27)28-13-25-18(14-4-6-15(24)7-5-14)19(28)20-26-17(12-33-20)21(29)30/h4-7,12-13,16H,8-11H2,1-3H3,(H,29,30). The fourth-order valence-electron chi connectivity index (χ4n) is 3.80. The van der Waals surface area contributed by atoms with Crippen molar-refractivity contribution in [1.82, 2.24) is 19.4 Å². The average molecular weight is 473 g/mol. The first kappa shape index (κ1) is 22.9. The largest absolute Gasteiger partial charge is 0.476 e. The molecule has 1 aromatic carbocycles. The fourth-order valence-corrected chi connectivity index (χ4v) is 4.64. The van der Waals surface area contributed by atoms with Crippen molar-refractivity contribution in [1.29, 1.82) is 0 Å². The second-order valence-electron chi connectivity index (χ2n) is 8.90. The molecule has 0 radical (unpaired) electrons. The van der Waals surface area contributed by atoms with E-state index in [2.05, 4.69) is 9.97 Å². The lowest BCUT2D eigenvalue weighted by Crippen LogP contribution is -2.42. The van der Waals surface area contributed by atoms with Crippen molar-refractivity contribution < 1.29 is 23.8 Å². The van der Waals surface area contributed by atoms with Crippen molar-refractivity contribution in [2.24, 2.45) is 0 Å². The average Bonchev–Trinajstić information content (AvgIpc) is 3.40. The van der Waals surface area contributed by atoms with E-state index in [0.29, 0.717) is 47.9 Å². The van der Waals surface area contributed by atoms with E-state index >= 15 is 0 Å². The minimum atomic E-state index is -1.10. The maximum absolute atomic E-state index is 13.5. The number of hydrogen-bond donors (Lipinski definition) is 1. The number of carboxylic acids is 1. The molecule has 0 aliphatic carbocycles. The van der Waals surface area contributed by atoms with Gasteiger partial charge in [-0.2, -0.15) is 0 Å². The second kappa shape index (κ2) is 8.93. The van der Waals surface area contributed by atoms with Gasteiger partial charge in [-0.3, -0.25) is 0 Å². The van der Waals surface area contributed by atoms with E-state index in [0.717, 1.165) is 0 Å². The molecule has 4 rings (SSSR count). The van der Waals surface area contributed by atoms with Crippen LogP contribution in [-0.2, 0) is 4.74 Å². The summed E-state index contributed by atoms with van der Waals surface area (Å²) >= 11 is 1.23. The van der Waals surface area contributed by atoms with Crippen LogP contribution in [0.1, 0.15) is 50.1 Å². The van der Waals surface area contributed by atoms with Gasteiger partial charge < -0.3 is 19.3 Å². The molecule has 0 bridgehead atoms. The summed E-state index contributed by atoms with van der Waals surface area (Å²) in [6.07, 6.45) is 2.75. The van der Waals surface area contributed by atoms with Crippen molar-refractivity contribution >= 4 is 23.4 Å². The molecule has 8 nitrogen and oxygen atoms in total.